The Balaban J connectivity index is 2.00. The number of hydrogen-bond donors (Lipinski definition) is 1. The smallest absolute Gasteiger partial charge is 0.228 e. The maximum absolute atomic E-state index is 11.4. The number of rotatable bonds is 7. The van der Waals surface area contributed by atoms with E-state index in [0.29, 0.717) is 0 Å². The summed E-state index contributed by atoms with van der Waals surface area (Å²) in [6, 6.07) is 0. The lowest BCUT2D eigenvalue weighted by molar-refractivity contribution is -0.122. The van der Waals surface area contributed by atoms with E-state index in [1.165, 1.54) is 38.5 Å². The molecule has 15 heavy (non-hydrogen) atoms. The van der Waals surface area contributed by atoms with Crippen LogP contribution in [0.4, 0.5) is 0 Å². The van der Waals surface area contributed by atoms with E-state index in [9.17, 15) is 4.79 Å². The van der Waals surface area contributed by atoms with E-state index < -0.39 is 0 Å². The van der Waals surface area contributed by atoms with Crippen molar-refractivity contribution in [2.75, 3.05) is 0 Å². The zero-order chi connectivity index (χ0) is 11.1. The van der Waals surface area contributed by atoms with E-state index in [2.05, 4.69) is 12.2 Å². The summed E-state index contributed by atoms with van der Waals surface area (Å²) in [5, 5.41) is 2.72. The standard InChI is InChI=1S/C12H21NOS/c1-2-3-4-5-6-7-8-10-9-11(15)13-12(10)14/h10H,2-9H2,1H3,(H,13,14,15). The van der Waals surface area contributed by atoms with Crippen LogP contribution in [-0.4, -0.2) is 10.9 Å². The highest BCUT2D eigenvalue weighted by molar-refractivity contribution is 7.80. The van der Waals surface area contributed by atoms with Gasteiger partial charge in [-0.3, -0.25) is 4.79 Å². The van der Waals surface area contributed by atoms with Crippen LogP contribution in [0.3, 0.4) is 0 Å². The third kappa shape index (κ3) is 4.74. The van der Waals surface area contributed by atoms with Gasteiger partial charge in [-0.1, -0.05) is 57.7 Å². The van der Waals surface area contributed by atoms with E-state index in [0.717, 1.165) is 17.8 Å². The van der Waals surface area contributed by atoms with Crippen LogP contribution in [0.1, 0.15) is 58.3 Å². The number of nitrogens with one attached hydrogen (secondary N) is 1. The molecule has 0 aromatic heterocycles. The van der Waals surface area contributed by atoms with E-state index in [4.69, 9.17) is 12.2 Å². The van der Waals surface area contributed by atoms with Crippen LogP contribution in [0, 0.1) is 5.92 Å². The quantitative estimate of drug-likeness (QED) is 0.534. The highest BCUT2D eigenvalue weighted by atomic mass is 32.1. The first-order valence-electron chi connectivity index (χ1n) is 6.07. The summed E-state index contributed by atoms with van der Waals surface area (Å²) in [5.74, 6) is 0.317. The molecule has 1 aliphatic heterocycles. The van der Waals surface area contributed by atoms with Crippen molar-refractivity contribution >= 4 is 23.1 Å². The Morgan fingerprint density at radius 3 is 2.53 bits per heavy atom. The maximum Gasteiger partial charge on any atom is 0.228 e. The molecule has 0 aliphatic carbocycles. The molecule has 1 fully saturated rings. The first-order chi connectivity index (χ1) is 7.24. The monoisotopic (exact) mass is 227 g/mol. The molecule has 1 amide bonds. The molecule has 1 rings (SSSR count). The van der Waals surface area contributed by atoms with Crippen LogP contribution in [-0.2, 0) is 4.79 Å². The van der Waals surface area contributed by atoms with Crippen molar-refractivity contribution in [2.45, 2.75) is 58.3 Å². The van der Waals surface area contributed by atoms with Crippen LogP contribution >= 0.6 is 12.2 Å². The fourth-order valence-electron chi connectivity index (χ4n) is 2.01. The minimum Gasteiger partial charge on any atom is -0.320 e. The molecular formula is C12H21NOS. The minimum absolute atomic E-state index is 0.147. The molecule has 1 aliphatic rings. The lowest BCUT2D eigenvalue weighted by Gasteiger charge is -2.05. The van der Waals surface area contributed by atoms with Gasteiger partial charge < -0.3 is 5.32 Å². The predicted molar refractivity (Wildman–Crippen MR) is 66.8 cm³/mol. The third-order valence-electron chi connectivity index (χ3n) is 2.97. The van der Waals surface area contributed by atoms with Crippen molar-refractivity contribution in [2.24, 2.45) is 5.92 Å². The van der Waals surface area contributed by atoms with Crippen molar-refractivity contribution in [1.82, 2.24) is 5.32 Å². The van der Waals surface area contributed by atoms with Crippen molar-refractivity contribution in [3.8, 4) is 0 Å². The number of carbonyl (C=O) groups excluding carboxylic acids is 1. The zero-order valence-electron chi connectivity index (χ0n) is 9.55. The molecule has 1 unspecified atom stereocenters. The lowest BCUT2D eigenvalue weighted by atomic mass is 9.99. The molecule has 1 atom stereocenters. The third-order valence-corrected chi connectivity index (χ3v) is 3.24. The average Bonchev–Trinajstić information content (AvgIpc) is 2.51. The number of thiocarbonyl (C=S) groups is 1. The van der Waals surface area contributed by atoms with Gasteiger partial charge in [0.15, 0.2) is 0 Å². The van der Waals surface area contributed by atoms with Crippen LogP contribution in [0.25, 0.3) is 0 Å². The van der Waals surface area contributed by atoms with E-state index >= 15 is 0 Å². The Morgan fingerprint density at radius 2 is 1.93 bits per heavy atom. The van der Waals surface area contributed by atoms with Gasteiger partial charge in [0.2, 0.25) is 5.91 Å². The molecule has 0 saturated carbocycles. The summed E-state index contributed by atoms with van der Waals surface area (Å²) in [5.41, 5.74) is 0. The SMILES string of the molecule is CCCCCCCCC1CC(=S)NC1=O. The molecule has 2 nitrogen and oxygen atoms in total. The van der Waals surface area contributed by atoms with Gasteiger partial charge in [0.25, 0.3) is 0 Å². The largest absolute Gasteiger partial charge is 0.320 e. The van der Waals surface area contributed by atoms with Gasteiger partial charge in [-0.2, -0.15) is 0 Å². The summed E-state index contributed by atoms with van der Waals surface area (Å²) in [7, 11) is 0. The van der Waals surface area contributed by atoms with Crippen molar-refractivity contribution in [3.63, 3.8) is 0 Å². The average molecular weight is 227 g/mol. The first kappa shape index (κ1) is 12.6. The minimum atomic E-state index is 0.147. The van der Waals surface area contributed by atoms with Crippen LogP contribution < -0.4 is 5.32 Å². The Hall–Kier alpha value is -0.440. The summed E-state index contributed by atoms with van der Waals surface area (Å²) >= 11 is 4.98. The van der Waals surface area contributed by atoms with Gasteiger partial charge in [-0.15, -0.1) is 0 Å². The van der Waals surface area contributed by atoms with Gasteiger partial charge in [0, 0.05) is 12.3 Å². The highest BCUT2D eigenvalue weighted by Crippen LogP contribution is 2.19. The van der Waals surface area contributed by atoms with E-state index in [-0.39, 0.29) is 11.8 Å². The van der Waals surface area contributed by atoms with Gasteiger partial charge in [0.1, 0.15) is 0 Å². The summed E-state index contributed by atoms with van der Waals surface area (Å²) in [6.45, 7) is 2.23. The summed E-state index contributed by atoms with van der Waals surface area (Å²) < 4.78 is 0. The number of unbranched alkanes of at least 4 members (excludes halogenated alkanes) is 5. The normalized spacial score (nSPS) is 20.7. The van der Waals surface area contributed by atoms with E-state index in [1.54, 1.807) is 0 Å². The fraction of sp³-hybridized carbons (Fsp3) is 0.833. The Morgan fingerprint density at radius 1 is 1.27 bits per heavy atom. The van der Waals surface area contributed by atoms with Crippen molar-refractivity contribution in [3.05, 3.63) is 0 Å². The Labute approximate surface area is 97.8 Å². The van der Waals surface area contributed by atoms with Gasteiger partial charge in [-0.25, -0.2) is 0 Å². The fourth-order valence-corrected chi connectivity index (χ4v) is 2.31. The van der Waals surface area contributed by atoms with Crippen molar-refractivity contribution in [1.29, 1.82) is 0 Å². The molecule has 1 saturated heterocycles. The lowest BCUT2D eigenvalue weighted by Crippen LogP contribution is -2.21. The molecule has 86 valence electrons. The Kier molecular flexibility index (Phi) is 5.84. The number of amides is 1. The second-order valence-electron chi connectivity index (χ2n) is 4.37. The summed E-state index contributed by atoms with van der Waals surface area (Å²) in [6.07, 6.45) is 9.51. The second kappa shape index (κ2) is 6.94. The van der Waals surface area contributed by atoms with Gasteiger partial charge in [-0.05, 0) is 6.42 Å². The van der Waals surface area contributed by atoms with Crippen LogP contribution in [0.5, 0.6) is 0 Å². The molecule has 3 heteroatoms. The second-order valence-corrected chi connectivity index (χ2v) is 4.86. The van der Waals surface area contributed by atoms with Crippen LogP contribution in [0.15, 0.2) is 0 Å². The van der Waals surface area contributed by atoms with Gasteiger partial charge >= 0.3 is 0 Å². The van der Waals surface area contributed by atoms with Crippen molar-refractivity contribution < 1.29 is 4.79 Å². The number of hydrogen-bond acceptors (Lipinski definition) is 2. The topological polar surface area (TPSA) is 29.1 Å². The van der Waals surface area contributed by atoms with E-state index in [1.807, 2.05) is 0 Å². The molecule has 0 aromatic rings. The molecule has 1 N–H and O–H groups in total. The predicted octanol–water partition coefficient (Wildman–Crippen LogP) is 3.20. The molecular weight excluding hydrogens is 206 g/mol. The molecule has 0 radical (unpaired) electrons. The Bertz CT molecular complexity index is 228. The maximum atomic E-state index is 11.4. The molecule has 0 bridgehead atoms. The molecule has 0 aromatic carbocycles. The molecule has 1 heterocycles. The first-order valence-corrected chi connectivity index (χ1v) is 6.48. The zero-order valence-corrected chi connectivity index (χ0v) is 10.4. The highest BCUT2D eigenvalue weighted by Gasteiger charge is 2.26. The van der Waals surface area contributed by atoms with Gasteiger partial charge in [0.05, 0.1) is 4.99 Å². The molecule has 0 spiro atoms. The van der Waals surface area contributed by atoms with Crippen LogP contribution in [0.2, 0.25) is 0 Å². The number of carbonyl (C=O) groups is 1. The summed E-state index contributed by atoms with van der Waals surface area (Å²) in [4.78, 5) is 12.1.